The largest absolute Gasteiger partial charge is 0.494 e. The van der Waals surface area contributed by atoms with E-state index in [0.717, 1.165) is 66.7 Å². The summed E-state index contributed by atoms with van der Waals surface area (Å²) in [6.07, 6.45) is 2.82. The van der Waals surface area contributed by atoms with E-state index in [0.29, 0.717) is 17.9 Å². The Kier molecular flexibility index (Phi) is 10.2. The normalized spacial score (nSPS) is 14.4. The Morgan fingerprint density at radius 2 is 1.90 bits per heavy atom. The molecule has 1 aliphatic rings. The van der Waals surface area contributed by atoms with Gasteiger partial charge in [0.05, 0.1) is 29.3 Å². The third-order valence-corrected chi connectivity index (χ3v) is 7.88. The molecule has 0 saturated carbocycles. The number of carbonyl (C=O) groups excluding carboxylic acids is 2. The molecule has 4 rings (SSSR count). The van der Waals surface area contributed by atoms with E-state index in [1.807, 2.05) is 53.1 Å². The highest BCUT2D eigenvalue weighted by Gasteiger charge is 2.25. The van der Waals surface area contributed by atoms with E-state index < -0.39 is 5.82 Å². The van der Waals surface area contributed by atoms with Crippen LogP contribution in [0.5, 0.6) is 5.75 Å². The van der Waals surface area contributed by atoms with Crippen molar-refractivity contribution >= 4 is 34.3 Å². The summed E-state index contributed by atoms with van der Waals surface area (Å²) in [5.74, 6) is 0.493. The molecule has 2 aromatic carbocycles. The molecule has 41 heavy (non-hydrogen) atoms. The average molecular weight is 583 g/mol. The highest BCUT2D eigenvalue weighted by molar-refractivity contribution is 6.31. The Labute approximate surface area is 247 Å². The number of nitrogens with zero attached hydrogens (tertiary/aromatic N) is 3. The van der Waals surface area contributed by atoms with Crippen LogP contribution in [0, 0.1) is 18.7 Å². The SMILES string of the molecule is Cc1c(CC(=O)NC(C)C)c(-c2ccc(F)c(Cl)c2)nc2ccc(OCCCN3CCC(C(=O)N(C)C)CC3)cc12. The topological polar surface area (TPSA) is 74.8 Å². The van der Waals surface area contributed by atoms with Gasteiger partial charge in [-0.15, -0.1) is 0 Å². The molecule has 9 heteroatoms. The molecule has 0 bridgehead atoms. The van der Waals surface area contributed by atoms with Gasteiger partial charge >= 0.3 is 0 Å². The summed E-state index contributed by atoms with van der Waals surface area (Å²) >= 11 is 6.09. The number of amides is 2. The molecule has 2 amide bonds. The number of piperidine rings is 1. The lowest BCUT2D eigenvalue weighted by molar-refractivity contribution is -0.134. The Bertz CT molecular complexity index is 1400. The predicted octanol–water partition coefficient (Wildman–Crippen LogP) is 5.64. The average Bonchev–Trinajstić information content (AvgIpc) is 2.93. The molecule has 7 nitrogen and oxygen atoms in total. The first-order valence-corrected chi connectivity index (χ1v) is 14.7. The standard InChI is InChI=1S/C32H40ClFN4O3/c1-20(2)35-30(39)19-26-21(3)25-18-24(8-10-29(25)36-31(26)23-7-9-28(34)27(33)17-23)41-16-6-13-38-14-11-22(12-15-38)32(40)37(4)5/h7-10,17-18,20,22H,6,11-16,19H2,1-5H3,(H,35,39). The van der Waals surface area contributed by atoms with Gasteiger partial charge in [-0.2, -0.15) is 0 Å². The number of carbonyl (C=O) groups is 2. The van der Waals surface area contributed by atoms with E-state index in [1.165, 1.54) is 6.07 Å². The number of halogens is 2. The molecule has 3 aromatic rings. The summed E-state index contributed by atoms with van der Waals surface area (Å²) in [5, 5.41) is 3.86. The fraction of sp³-hybridized carbons (Fsp3) is 0.469. The first-order chi connectivity index (χ1) is 19.5. The molecule has 1 aliphatic heterocycles. The molecule has 1 N–H and O–H groups in total. The molecule has 1 aromatic heterocycles. The van der Waals surface area contributed by atoms with Crippen molar-refractivity contribution in [3.05, 3.63) is 58.4 Å². The van der Waals surface area contributed by atoms with E-state index in [9.17, 15) is 14.0 Å². The molecule has 220 valence electrons. The lowest BCUT2D eigenvalue weighted by atomic mass is 9.95. The van der Waals surface area contributed by atoms with Crippen LogP contribution in [-0.4, -0.2) is 73.0 Å². The van der Waals surface area contributed by atoms with Crippen molar-refractivity contribution in [2.24, 2.45) is 5.92 Å². The lowest BCUT2D eigenvalue weighted by Gasteiger charge is -2.32. The van der Waals surface area contributed by atoms with Crippen LogP contribution in [0.1, 0.15) is 44.2 Å². The molecule has 0 spiro atoms. The minimum atomic E-state index is -0.502. The molecule has 2 heterocycles. The maximum atomic E-state index is 13.9. The first kappa shape index (κ1) is 30.7. The maximum Gasteiger partial charge on any atom is 0.225 e. The Morgan fingerprint density at radius 3 is 2.56 bits per heavy atom. The Morgan fingerprint density at radius 1 is 1.17 bits per heavy atom. The molecule has 1 saturated heterocycles. The fourth-order valence-corrected chi connectivity index (χ4v) is 5.59. The van der Waals surface area contributed by atoms with Crippen LogP contribution in [0.2, 0.25) is 5.02 Å². The smallest absolute Gasteiger partial charge is 0.225 e. The monoisotopic (exact) mass is 582 g/mol. The molecular weight excluding hydrogens is 543 g/mol. The third kappa shape index (κ3) is 7.74. The second kappa shape index (κ2) is 13.6. The molecule has 1 fully saturated rings. The number of aromatic nitrogens is 1. The second-order valence-corrected chi connectivity index (χ2v) is 11.7. The zero-order valence-electron chi connectivity index (χ0n) is 24.6. The van der Waals surface area contributed by atoms with Gasteiger partial charge in [-0.05, 0) is 101 Å². The summed E-state index contributed by atoms with van der Waals surface area (Å²) in [6.45, 7) is 9.18. The van der Waals surface area contributed by atoms with E-state index in [2.05, 4.69) is 10.2 Å². The van der Waals surface area contributed by atoms with Gasteiger partial charge < -0.3 is 19.9 Å². The van der Waals surface area contributed by atoms with Crippen LogP contribution in [0.4, 0.5) is 4.39 Å². The number of hydrogen-bond donors (Lipinski definition) is 1. The van der Waals surface area contributed by atoms with Crippen LogP contribution in [0.25, 0.3) is 22.2 Å². The molecule has 0 unspecified atom stereocenters. The number of rotatable bonds is 10. The van der Waals surface area contributed by atoms with E-state index in [1.54, 1.807) is 17.0 Å². The summed E-state index contributed by atoms with van der Waals surface area (Å²) in [7, 11) is 3.64. The minimum absolute atomic E-state index is 0.00633. The van der Waals surface area contributed by atoms with Gasteiger partial charge in [0.2, 0.25) is 11.8 Å². The summed E-state index contributed by atoms with van der Waals surface area (Å²) in [5.41, 5.74) is 3.72. The van der Waals surface area contributed by atoms with Gasteiger partial charge in [-0.3, -0.25) is 9.59 Å². The number of pyridine rings is 1. The van der Waals surface area contributed by atoms with Crippen molar-refractivity contribution < 1.29 is 18.7 Å². The van der Waals surface area contributed by atoms with Gasteiger partial charge in [0.25, 0.3) is 0 Å². The predicted molar refractivity (Wildman–Crippen MR) is 162 cm³/mol. The molecular formula is C32H40ClFN4O3. The van der Waals surface area contributed by atoms with E-state index >= 15 is 0 Å². The van der Waals surface area contributed by atoms with Crippen LogP contribution in [0.3, 0.4) is 0 Å². The number of hydrogen-bond acceptors (Lipinski definition) is 5. The summed E-state index contributed by atoms with van der Waals surface area (Å²) in [6, 6.07) is 10.3. The fourth-order valence-electron chi connectivity index (χ4n) is 5.41. The van der Waals surface area contributed by atoms with E-state index in [4.69, 9.17) is 21.3 Å². The van der Waals surface area contributed by atoms with Gasteiger partial charge in [0.1, 0.15) is 11.6 Å². The van der Waals surface area contributed by atoms with Crippen molar-refractivity contribution in [2.75, 3.05) is 40.3 Å². The highest BCUT2D eigenvalue weighted by atomic mass is 35.5. The van der Waals surface area contributed by atoms with Gasteiger partial charge in [0, 0.05) is 43.5 Å². The van der Waals surface area contributed by atoms with E-state index in [-0.39, 0.29) is 35.2 Å². The zero-order valence-corrected chi connectivity index (χ0v) is 25.4. The van der Waals surface area contributed by atoms with Crippen LogP contribution >= 0.6 is 11.6 Å². The lowest BCUT2D eigenvalue weighted by Crippen LogP contribution is -2.40. The van der Waals surface area contributed by atoms with Crippen molar-refractivity contribution in [1.29, 1.82) is 0 Å². The number of aryl methyl sites for hydroxylation is 1. The zero-order chi connectivity index (χ0) is 29.7. The third-order valence-electron chi connectivity index (χ3n) is 7.59. The number of ether oxygens (including phenoxy) is 1. The minimum Gasteiger partial charge on any atom is -0.494 e. The number of likely N-dealkylation sites (tertiary alicyclic amines) is 1. The highest BCUT2D eigenvalue weighted by Crippen LogP contribution is 2.33. The summed E-state index contributed by atoms with van der Waals surface area (Å²) in [4.78, 5) is 34.0. The molecule has 0 aliphatic carbocycles. The second-order valence-electron chi connectivity index (χ2n) is 11.3. The Hall–Kier alpha value is -3.23. The number of nitrogens with one attached hydrogen (secondary N) is 1. The molecule has 0 atom stereocenters. The quantitative estimate of drug-likeness (QED) is 0.313. The van der Waals surface area contributed by atoms with Gasteiger partial charge in [-0.25, -0.2) is 9.37 Å². The van der Waals surface area contributed by atoms with Crippen molar-refractivity contribution in [3.63, 3.8) is 0 Å². The van der Waals surface area contributed by atoms with Crippen molar-refractivity contribution in [2.45, 2.75) is 52.5 Å². The van der Waals surface area contributed by atoms with Crippen molar-refractivity contribution in [3.8, 4) is 17.0 Å². The van der Waals surface area contributed by atoms with Gasteiger partial charge in [0.15, 0.2) is 0 Å². The van der Waals surface area contributed by atoms with Crippen molar-refractivity contribution in [1.82, 2.24) is 20.1 Å². The van der Waals surface area contributed by atoms with Crippen LogP contribution in [-0.2, 0) is 16.0 Å². The number of benzene rings is 2. The number of fused-ring (bicyclic) bond motifs is 1. The Balaban J connectivity index is 1.47. The summed E-state index contributed by atoms with van der Waals surface area (Å²) < 4.78 is 20.0. The maximum absolute atomic E-state index is 13.9. The van der Waals surface area contributed by atoms with Crippen LogP contribution in [0.15, 0.2) is 36.4 Å². The van der Waals surface area contributed by atoms with Gasteiger partial charge in [-0.1, -0.05) is 11.6 Å². The molecule has 0 radical (unpaired) electrons. The first-order valence-electron chi connectivity index (χ1n) is 14.3. The van der Waals surface area contributed by atoms with Crippen LogP contribution < -0.4 is 10.1 Å².